The molecule has 0 aliphatic heterocycles. The van der Waals surface area contributed by atoms with Gasteiger partial charge in [0.15, 0.2) is 26.4 Å². The summed E-state index contributed by atoms with van der Waals surface area (Å²) in [5.41, 5.74) is 0.455. The number of carbonyl (C=O) groups is 1. The quantitative estimate of drug-likeness (QED) is 0.227. The minimum Gasteiger partial charge on any atom is -0.462 e. The van der Waals surface area contributed by atoms with E-state index in [4.69, 9.17) is 13.0 Å². The first-order valence-electron chi connectivity index (χ1n) is 7.86. The fraction of sp³-hybridized carbons (Fsp3) is 0.786. The van der Waals surface area contributed by atoms with Gasteiger partial charge in [0.1, 0.15) is 0 Å². The lowest BCUT2D eigenvalue weighted by Gasteiger charge is -2.24. The lowest BCUT2D eigenvalue weighted by atomic mass is 10.4. The normalized spacial score (nSPS) is 12.0. The topological polar surface area (TPSA) is 44.8 Å². The zero-order valence-corrected chi connectivity index (χ0v) is 19.1. The van der Waals surface area contributed by atoms with Crippen LogP contribution in [-0.2, 0) is 17.8 Å². The molecule has 3 radical (unpaired) electrons. The lowest BCUT2D eigenvalue weighted by molar-refractivity contribution is -0.138. The van der Waals surface area contributed by atoms with Crippen LogP contribution in [0, 0.1) is 0 Å². The van der Waals surface area contributed by atoms with E-state index in [0.717, 1.165) is 12.5 Å². The van der Waals surface area contributed by atoms with E-state index in [-0.39, 0.29) is 5.97 Å². The zero-order chi connectivity index (χ0) is 17.2. The van der Waals surface area contributed by atoms with Gasteiger partial charge in [-0.3, -0.25) is 0 Å². The highest BCUT2D eigenvalue weighted by Crippen LogP contribution is 2.16. The fourth-order valence-corrected chi connectivity index (χ4v) is 11.8. The molecule has 0 N–H and O–H groups in total. The van der Waals surface area contributed by atoms with Gasteiger partial charge in [-0.2, -0.15) is 0 Å². The summed E-state index contributed by atoms with van der Waals surface area (Å²) in [5, 5.41) is 0. The van der Waals surface area contributed by atoms with Crippen molar-refractivity contribution in [3.05, 3.63) is 12.2 Å². The Hall–Kier alpha value is -0.00247. The van der Waals surface area contributed by atoms with E-state index in [1.54, 1.807) is 6.92 Å². The molecule has 0 aromatic rings. The molecule has 4 nitrogen and oxygen atoms in total. The first kappa shape index (κ1) is 22.0. The summed E-state index contributed by atoms with van der Waals surface area (Å²) in [5.74, 6) is -0.301. The maximum Gasteiger partial charge on any atom is 0.333 e. The summed E-state index contributed by atoms with van der Waals surface area (Å²) in [6.07, 6.45) is 0.854. The lowest BCUT2D eigenvalue weighted by Crippen LogP contribution is -2.34. The third kappa shape index (κ3) is 12.5. The van der Waals surface area contributed by atoms with Crippen LogP contribution in [0.4, 0.5) is 0 Å². The molecule has 0 bridgehead atoms. The number of hydrogen-bond donors (Lipinski definition) is 0. The minimum absolute atomic E-state index is 0.301. The fourth-order valence-electron chi connectivity index (χ4n) is 1.67. The number of esters is 1. The minimum atomic E-state index is -1.57. The molecule has 0 saturated carbocycles. The monoisotopic (exact) mass is 375 g/mol. The van der Waals surface area contributed by atoms with Crippen molar-refractivity contribution in [1.82, 2.24) is 0 Å². The van der Waals surface area contributed by atoms with Crippen molar-refractivity contribution in [2.75, 3.05) is 6.61 Å². The summed E-state index contributed by atoms with van der Waals surface area (Å²) in [7, 11) is -2.57. The SMILES string of the molecule is C=C(C)C(=O)OCCC[Si]O[Si](C)(C)CC[Si](C)O[SiH](C)C. The molecule has 0 aliphatic rings. The Kier molecular flexibility index (Phi) is 11.5. The molecular formula is C14H31O4Si4. The summed E-state index contributed by atoms with van der Waals surface area (Å²) in [6.45, 7) is 17.0. The first-order valence-corrected chi connectivity index (χ1v) is 17.0. The second-order valence-corrected chi connectivity index (χ2v) is 17.0. The van der Waals surface area contributed by atoms with Crippen molar-refractivity contribution < 1.29 is 17.8 Å². The van der Waals surface area contributed by atoms with Crippen LogP contribution in [0.25, 0.3) is 0 Å². The largest absolute Gasteiger partial charge is 0.462 e. The maximum atomic E-state index is 11.2. The third-order valence-corrected chi connectivity index (χ3v) is 12.6. The van der Waals surface area contributed by atoms with Crippen LogP contribution in [0.1, 0.15) is 13.3 Å². The van der Waals surface area contributed by atoms with Crippen LogP contribution in [0.5, 0.6) is 0 Å². The molecule has 0 unspecified atom stereocenters. The van der Waals surface area contributed by atoms with Gasteiger partial charge in [0.2, 0.25) is 9.76 Å². The third-order valence-electron chi connectivity index (χ3n) is 2.87. The van der Waals surface area contributed by atoms with Crippen molar-refractivity contribution >= 4 is 42.1 Å². The molecule has 0 heterocycles. The Morgan fingerprint density at radius 2 is 2.00 bits per heavy atom. The molecular weight excluding hydrogens is 344 g/mol. The van der Waals surface area contributed by atoms with Crippen molar-refractivity contribution in [2.24, 2.45) is 0 Å². The molecule has 22 heavy (non-hydrogen) atoms. The second kappa shape index (κ2) is 11.5. The van der Waals surface area contributed by atoms with Gasteiger partial charge in [0.25, 0.3) is 0 Å². The first-order chi connectivity index (χ1) is 10.1. The van der Waals surface area contributed by atoms with Crippen LogP contribution in [-0.4, -0.2) is 48.7 Å². The van der Waals surface area contributed by atoms with E-state index >= 15 is 0 Å². The van der Waals surface area contributed by atoms with E-state index in [0.29, 0.717) is 21.9 Å². The number of carbonyl (C=O) groups excluding carboxylic acids is 1. The van der Waals surface area contributed by atoms with Gasteiger partial charge in [0, 0.05) is 5.57 Å². The Balaban J connectivity index is 3.71. The summed E-state index contributed by atoms with van der Waals surface area (Å²) in [6, 6.07) is 3.32. The standard InChI is InChI=1S/C14H31O4Si4/c1-13(2)14(15)16-9-8-10-19-17-22(6,7)12-11-21(5)18-20(3)4/h20H,1,8-12H2,2-7H3. The molecule has 0 saturated heterocycles. The molecule has 0 spiro atoms. The molecule has 0 rings (SSSR count). The van der Waals surface area contributed by atoms with Gasteiger partial charge >= 0.3 is 5.97 Å². The molecule has 0 fully saturated rings. The van der Waals surface area contributed by atoms with E-state index in [1.807, 2.05) is 0 Å². The van der Waals surface area contributed by atoms with Crippen molar-refractivity contribution in [3.8, 4) is 0 Å². The van der Waals surface area contributed by atoms with Crippen LogP contribution >= 0.6 is 0 Å². The van der Waals surface area contributed by atoms with Crippen molar-refractivity contribution in [2.45, 2.75) is 64.2 Å². The summed E-state index contributed by atoms with van der Waals surface area (Å²) >= 11 is 0. The van der Waals surface area contributed by atoms with Gasteiger partial charge < -0.3 is 13.0 Å². The predicted octanol–water partition coefficient (Wildman–Crippen LogP) is 3.38. The summed E-state index contributed by atoms with van der Waals surface area (Å²) in [4.78, 5) is 11.2. The van der Waals surface area contributed by atoms with E-state index in [1.165, 1.54) is 12.1 Å². The van der Waals surface area contributed by atoms with E-state index < -0.39 is 26.4 Å². The number of rotatable bonds is 12. The van der Waals surface area contributed by atoms with Crippen LogP contribution in [0.15, 0.2) is 12.2 Å². The number of hydrogen-bond acceptors (Lipinski definition) is 4. The van der Waals surface area contributed by atoms with Gasteiger partial charge in [-0.15, -0.1) is 0 Å². The molecule has 0 atom stereocenters. The maximum absolute atomic E-state index is 11.2. The van der Waals surface area contributed by atoms with Crippen LogP contribution < -0.4 is 0 Å². The highest BCUT2D eigenvalue weighted by Gasteiger charge is 2.24. The molecule has 127 valence electrons. The molecule has 0 aromatic carbocycles. The Bertz CT molecular complexity index is 348. The van der Waals surface area contributed by atoms with E-state index in [2.05, 4.69) is 39.3 Å². The highest BCUT2D eigenvalue weighted by molar-refractivity contribution is 6.76. The Morgan fingerprint density at radius 3 is 2.55 bits per heavy atom. The Morgan fingerprint density at radius 1 is 1.36 bits per heavy atom. The molecule has 0 amide bonds. The van der Waals surface area contributed by atoms with Crippen LogP contribution in [0.2, 0.25) is 50.9 Å². The molecule has 8 heteroatoms. The average molecular weight is 376 g/mol. The van der Waals surface area contributed by atoms with Gasteiger partial charge in [-0.25, -0.2) is 4.79 Å². The van der Waals surface area contributed by atoms with Crippen LogP contribution in [0.3, 0.4) is 0 Å². The summed E-state index contributed by atoms with van der Waals surface area (Å²) < 4.78 is 17.2. The smallest absolute Gasteiger partial charge is 0.333 e. The average Bonchev–Trinajstić information content (AvgIpc) is 2.39. The van der Waals surface area contributed by atoms with Crippen molar-refractivity contribution in [1.29, 1.82) is 0 Å². The molecule has 0 aromatic heterocycles. The Labute approximate surface area is 143 Å². The highest BCUT2D eigenvalue weighted by atomic mass is 28.4. The van der Waals surface area contributed by atoms with Gasteiger partial charge in [-0.1, -0.05) is 6.58 Å². The molecule has 0 aliphatic carbocycles. The van der Waals surface area contributed by atoms with E-state index in [9.17, 15) is 4.79 Å². The van der Waals surface area contributed by atoms with Gasteiger partial charge in [-0.05, 0) is 64.2 Å². The predicted molar refractivity (Wildman–Crippen MR) is 101 cm³/mol. The van der Waals surface area contributed by atoms with Crippen molar-refractivity contribution in [3.63, 3.8) is 0 Å². The number of ether oxygens (including phenoxy) is 1. The zero-order valence-electron chi connectivity index (χ0n) is 15.0. The van der Waals surface area contributed by atoms with Gasteiger partial charge in [0.05, 0.1) is 6.61 Å². The second-order valence-electron chi connectivity index (χ2n) is 6.39.